The van der Waals surface area contributed by atoms with E-state index in [4.69, 9.17) is 23.7 Å². The molecule has 0 radical (unpaired) electrons. The predicted octanol–water partition coefficient (Wildman–Crippen LogP) is 3.16. The molecular weight excluding hydrogens is 454 g/mol. The first-order valence-electron chi connectivity index (χ1n) is 10.7. The smallest absolute Gasteiger partial charge is 0.269 e. The van der Waals surface area contributed by atoms with E-state index in [0.29, 0.717) is 42.0 Å². The van der Waals surface area contributed by atoms with Gasteiger partial charge in [0.25, 0.3) is 11.8 Å². The fourth-order valence-electron chi connectivity index (χ4n) is 3.15. The van der Waals surface area contributed by atoms with Crippen LogP contribution in [0.3, 0.4) is 0 Å². The Kier molecular flexibility index (Phi) is 8.71. The van der Waals surface area contributed by atoms with Crippen LogP contribution in [0.1, 0.15) is 33.2 Å². The van der Waals surface area contributed by atoms with Crippen molar-refractivity contribution in [2.24, 2.45) is 0 Å². The van der Waals surface area contributed by atoms with E-state index in [0.717, 1.165) is 5.56 Å². The molecule has 2 amide bonds. The minimum atomic E-state index is -0.570. The zero-order valence-corrected chi connectivity index (χ0v) is 19.9. The molecule has 3 rings (SSSR count). The summed E-state index contributed by atoms with van der Waals surface area (Å²) < 4.78 is 27.3. The first kappa shape index (κ1) is 25.2. The predicted molar refractivity (Wildman–Crippen MR) is 127 cm³/mol. The summed E-state index contributed by atoms with van der Waals surface area (Å²) in [7, 11) is 4.36. The number of benzene rings is 2. The van der Waals surface area contributed by atoms with Crippen LogP contribution in [0.25, 0.3) is 0 Å². The van der Waals surface area contributed by atoms with E-state index in [2.05, 4.69) is 15.8 Å². The van der Waals surface area contributed by atoms with Gasteiger partial charge in [0.1, 0.15) is 6.61 Å². The van der Waals surface area contributed by atoms with Crippen molar-refractivity contribution in [1.82, 2.24) is 15.8 Å². The van der Waals surface area contributed by atoms with Gasteiger partial charge in [-0.15, -0.1) is 0 Å². The Labute approximate surface area is 203 Å². The van der Waals surface area contributed by atoms with Crippen LogP contribution in [0, 0.1) is 0 Å². The lowest BCUT2D eigenvalue weighted by Crippen LogP contribution is -2.41. The SMILES string of the molecule is CCOc1cc(C(=O)NNC(=O)c2cc(OC)c(OC)c(OC)c2)ccc1OCc1ccncc1. The third kappa shape index (κ3) is 6.32. The highest BCUT2D eigenvalue weighted by Crippen LogP contribution is 2.38. The molecule has 0 saturated carbocycles. The topological polar surface area (TPSA) is 117 Å². The average Bonchev–Trinajstić information content (AvgIpc) is 2.90. The summed E-state index contributed by atoms with van der Waals surface area (Å²) >= 11 is 0. The molecule has 35 heavy (non-hydrogen) atoms. The summed E-state index contributed by atoms with van der Waals surface area (Å²) in [6.07, 6.45) is 3.37. The molecule has 0 aliphatic rings. The maximum Gasteiger partial charge on any atom is 0.269 e. The van der Waals surface area contributed by atoms with Gasteiger partial charge in [-0.05, 0) is 55.0 Å². The number of nitrogens with zero attached hydrogens (tertiary/aromatic N) is 1. The molecule has 3 aromatic rings. The summed E-state index contributed by atoms with van der Waals surface area (Å²) in [5, 5.41) is 0. The van der Waals surface area contributed by atoms with Crippen molar-refractivity contribution in [3.8, 4) is 28.7 Å². The number of carbonyl (C=O) groups is 2. The summed E-state index contributed by atoms with van der Waals surface area (Å²) in [6.45, 7) is 2.53. The number of hydrazine groups is 1. The van der Waals surface area contributed by atoms with Crippen molar-refractivity contribution in [2.45, 2.75) is 13.5 Å². The fraction of sp³-hybridized carbons (Fsp3) is 0.240. The lowest BCUT2D eigenvalue weighted by atomic mass is 10.1. The van der Waals surface area contributed by atoms with Crippen LogP contribution in [0.2, 0.25) is 0 Å². The van der Waals surface area contributed by atoms with Crippen molar-refractivity contribution in [3.05, 3.63) is 71.5 Å². The summed E-state index contributed by atoms with van der Waals surface area (Å²) in [6, 6.07) is 11.4. The normalized spacial score (nSPS) is 10.2. The van der Waals surface area contributed by atoms with Gasteiger partial charge >= 0.3 is 0 Å². The van der Waals surface area contributed by atoms with Gasteiger partial charge in [0.2, 0.25) is 5.75 Å². The number of aromatic nitrogens is 1. The summed E-state index contributed by atoms with van der Waals surface area (Å²) in [5.74, 6) is 0.767. The second kappa shape index (κ2) is 12.1. The Bertz CT molecular complexity index is 1140. The molecule has 10 heteroatoms. The van der Waals surface area contributed by atoms with Gasteiger partial charge in [0.05, 0.1) is 27.9 Å². The Morgan fingerprint density at radius 2 is 1.34 bits per heavy atom. The van der Waals surface area contributed by atoms with Crippen LogP contribution in [0.4, 0.5) is 0 Å². The van der Waals surface area contributed by atoms with E-state index >= 15 is 0 Å². The zero-order valence-electron chi connectivity index (χ0n) is 19.9. The van der Waals surface area contributed by atoms with Crippen LogP contribution in [-0.2, 0) is 6.61 Å². The van der Waals surface area contributed by atoms with Gasteiger partial charge in [0, 0.05) is 23.5 Å². The molecule has 1 aromatic heterocycles. The Morgan fingerprint density at radius 3 is 1.91 bits per heavy atom. The van der Waals surface area contributed by atoms with E-state index in [1.165, 1.54) is 33.5 Å². The molecule has 2 aromatic carbocycles. The standard InChI is InChI=1S/C25H27N3O7/c1-5-34-20-12-17(6-7-19(20)35-15-16-8-10-26-11-9-16)24(29)27-28-25(30)18-13-21(31-2)23(33-4)22(14-18)32-3/h6-14H,5,15H2,1-4H3,(H,27,29)(H,28,30). The highest BCUT2D eigenvalue weighted by atomic mass is 16.5. The lowest BCUT2D eigenvalue weighted by molar-refractivity contribution is 0.0846. The van der Waals surface area contributed by atoms with E-state index in [1.54, 1.807) is 30.6 Å². The van der Waals surface area contributed by atoms with E-state index in [1.807, 2.05) is 19.1 Å². The molecule has 184 valence electrons. The molecule has 0 aliphatic carbocycles. The molecule has 0 aliphatic heterocycles. The van der Waals surface area contributed by atoms with Crippen LogP contribution in [-0.4, -0.2) is 44.7 Å². The molecule has 0 spiro atoms. The third-order valence-corrected chi connectivity index (χ3v) is 4.87. The molecule has 1 heterocycles. The average molecular weight is 482 g/mol. The monoisotopic (exact) mass is 481 g/mol. The number of rotatable bonds is 10. The zero-order chi connectivity index (χ0) is 25.2. The van der Waals surface area contributed by atoms with Crippen molar-refractivity contribution in [3.63, 3.8) is 0 Å². The molecule has 0 atom stereocenters. The fourth-order valence-corrected chi connectivity index (χ4v) is 3.15. The van der Waals surface area contributed by atoms with Crippen LogP contribution in [0.5, 0.6) is 28.7 Å². The minimum absolute atomic E-state index is 0.203. The number of carbonyl (C=O) groups excluding carboxylic acids is 2. The first-order valence-corrected chi connectivity index (χ1v) is 10.7. The number of methoxy groups -OCH3 is 3. The van der Waals surface area contributed by atoms with E-state index in [-0.39, 0.29) is 11.1 Å². The van der Waals surface area contributed by atoms with Crippen molar-refractivity contribution in [1.29, 1.82) is 0 Å². The minimum Gasteiger partial charge on any atom is -0.493 e. The molecule has 0 fully saturated rings. The molecule has 0 bridgehead atoms. The maximum absolute atomic E-state index is 12.7. The summed E-state index contributed by atoms with van der Waals surface area (Å²) in [5.41, 5.74) is 6.19. The van der Waals surface area contributed by atoms with Gasteiger partial charge < -0.3 is 23.7 Å². The molecule has 2 N–H and O–H groups in total. The van der Waals surface area contributed by atoms with E-state index < -0.39 is 11.8 Å². The van der Waals surface area contributed by atoms with Gasteiger partial charge in [-0.3, -0.25) is 25.4 Å². The Balaban J connectivity index is 1.69. The number of hydrogen-bond acceptors (Lipinski definition) is 8. The van der Waals surface area contributed by atoms with E-state index in [9.17, 15) is 9.59 Å². The highest BCUT2D eigenvalue weighted by molar-refractivity contribution is 6.00. The largest absolute Gasteiger partial charge is 0.493 e. The maximum atomic E-state index is 12.7. The number of ether oxygens (including phenoxy) is 5. The quantitative estimate of drug-likeness (QED) is 0.424. The van der Waals surface area contributed by atoms with Crippen LogP contribution in [0.15, 0.2) is 54.9 Å². The van der Waals surface area contributed by atoms with Crippen molar-refractivity contribution in [2.75, 3.05) is 27.9 Å². The van der Waals surface area contributed by atoms with Gasteiger partial charge in [-0.2, -0.15) is 0 Å². The van der Waals surface area contributed by atoms with Crippen molar-refractivity contribution < 1.29 is 33.3 Å². The number of nitrogens with one attached hydrogen (secondary N) is 2. The van der Waals surface area contributed by atoms with Crippen LogP contribution >= 0.6 is 0 Å². The Morgan fingerprint density at radius 1 is 0.743 bits per heavy atom. The Hall–Kier alpha value is -4.47. The number of hydrogen-bond donors (Lipinski definition) is 2. The molecule has 10 nitrogen and oxygen atoms in total. The summed E-state index contributed by atoms with van der Waals surface area (Å²) in [4.78, 5) is 29.3. The first-order chi connectivity index (χ1) is 17.0. The molecule has 0 unspecified atom stereocenters. The van der Waals surface area contributed by atoms with Crippen molar-refractivity contribution >= 4 is 11.8 Å². The highest BCUT2D eigenvalue weighted by Gasteiger charge is 2.18. The van der Waals surface area contributed by atoms with Gasteiger partial charge in [0.15, 0.2) is 23.0 Å². The second-order valence-electron chi connectivity index (χ2n) is 7.06. The van der Waals surface area contributed by atoms with Gasteiger partial charge in [-0.25, -0.2) is 0 Å². The number of pyridine rings is 1. The third-order valence-electron chi connectivity index (χ3n) is 4.87. The molecular formula is C25H27N3O7. The molecule has 0 saturated heterocycles. The number of amides is 2. The van der Waals surface area contributed by atoms with Gasteiger partial charge in [-0.1, -0.05) is 0 Å². The van der Waals surface area contributed by atoms with Crippen LogP contribution < -0.4 is 34.5 Å². The lowest BCUT2D eigenvalue weighted by Gasteiger charge is -2.15. The second-order valence-corrected chi connectivity index (χ2v) is 7.06.